The summed E-state index contributed by atoms with van der Waals surface area (Å²) in [6.45, 7) is 6.32. The van der Waals surface area contributed by atoms with Gasteiger partial charge in [0.05, 0.1) is 12.0 Å². The van der Waals surface area contributed by atoms with E-state index in [1.54, 1.807) is 11.3 Å². The molecule has 0 saturated carbocycles. The van der Waals surface area contributed by atoms with E-state index in [2.05, 4.69) is 24.4 Å². The Morgan fingerprint density at radius 2 is 2.21 bits per heavy atom. The molecule has 2 aromatic rings. The fourth-order valence-electron chi connectivity index (χ4n) is 3.35. The summed E-state index contributed by atoms with van der Waals surface area (Å²) in [5.41, 5.74) is 5.19. The fourth-order valence-corrected chi connectivity index (χ4v) is 4.72. The zero-order chi connectivity index (χ0) is 17.3. The van der Waals surface area contributed by atoms with Crippen LogP contribution in [0.2, 0.25) is 0 Å². The predicted molar refractivity (Wildman–Crippen MR) is 98.5 cm³/mol. The van der Waals surface area contributed by atoms with Crippen molar-refractivity contribution in [2.45, 2.75) is 46.5 Å². The molecule has 4 heteroatoms. The largest absolute Gasteiger partial charge is 0.316 e. The fraction of sp³-hybridized carbons (Fsp3) is 0.400. The van der Waals surface area contributed by atoms with Gasteiger partial charge in [-0.25, -0.2) is 0 Å². The lowest BCUT2D eigenvalue weighted by Crippen LogP contribution is -2.15. The molecule has 0 fully saturated rings. The Hall–Kier alpha value is -2.12. The van der Waals surface area contributed by atoms with Gasteiger partial charge in [-0.3, -0.25) is 4.79 Å². The van der Waals surface area contributed by atoms with Crippen molar-refractivity contribution < 1.29 is 4.79 Å². The zero-order valence-electron chi connectivity index (χ0n) is 14.4. The van der Waals surface area contributed by atoms with Crippen molar-refractivity contribution >= 4 is 22.2 Å². The first-order valence-corrected chi connectivity index (χ1v) is 9.20. The molecule has 0 aliphatic heterocycles. The summed E-state index contributed by atoms with van der Waals surface area (Å²) >= 11 is 1.58. The first kappa shape index (κ1) is 16.7. The molecule has 0 bridgehead atoms. The highest BCUT2D eigenvalue weighted by Gasteiger charge is 2.24. The molecule has 3 nitrogen and oxygen atoms in total. The first-order valence-electron chi connectivity index (χ1n) is 8.38. The van der Waals surface area contributed by atoms with Crippen LogP contribution in [0, 0.1) is 31.1 Å². The highest BCUT2D eigenvalue weighted by Crippen LogP contribution is 2.39. The van der Waals surface area contributed by atoms with Crippen molar-refractivity contribution in [2.24, 2.45) is 5.92 Å². The molecule has 124 valence electrons. The Labute approximate surface area is 147 Å². The molecule has 0 unspecified atom stereocenters. The third-order valence-corrected chi connectivity index (χ3v) is 5.90. The van der Waals surface area contributed by atoms with Gasteiger partial charge in [-0.1, -0.05) is 30.7 Å². The first-order chi connectivity index (χ1) is 11.5. The zero-order valence-corrected chi connectivity index (χ0v) is 15.2. The van der Waals surface area contributed by atoms with Crippen molar-refractivity contribution in [2.75, 3.05) is 5.32 Å². The van der Waals surface area contributed by atoms with Gasteiger partial charge in [0.15, 0.2) is 0 Å². The molecule has 1 aliphatic carbocycles. The molecule has 1 aliphatic rings. The van der Waals surface area contributed by atoms with E-state index in [1.165, 1.54) is 10.4 Å². The van der Waals surface area contributed by atoms with E-state index in [0.717, 1.165) is 41.0 Å². The monoisotopic (exact) mass is 338 g/mol. The van der Waals surface area contributed by atoms with Crippen LogP contribution >= 0.6 is 11.3 Å². The van der Waals surface area contributed by atoms with Crippen LogP contribution in [0.1, 0.15) is 46.0 Å². The minimum absolute atomic E-state index is 0.0508. The second kappa shape index (κ2) is 6.78. The summed E-state index contributed by atoms with van der Waals surface area (Å²) in [4.78, 5) is 13.7. The highest BCUT2D eigenvalue weighted by molar-refractivity contribution is 7.16. The predicted octanol–water partition coefficient (Wildman–Crippen LogP) is 4.54. The Balaban J connectivity index is 1.78. The van der Waals surface area contributed by atoms with Gasteiger partial charge in [0.1, 0.15) is 11.1 Å². The van der Waals surface area contributed by atoms with E-state index in [0.29, 0.717) is 17.9 Å². The van der Waals surface area contributed by atoms with E-state index < -0.39 is 0 Å². The molecule has 1 heterocycles. The van der Waals surface area contributed by atoms with E-state index in [1.807, 2.05) is 26.0 Å². The minimum Gasteiger partial charge on any atom is -0.316 e. The van der Waals surface area contributed by atoms with Crippen LogP contribution in [0.4, 0.5) is 5.00 Å². The normalized spacial score (nSPS) is 16.3. The summed E-state index contributed by atoms with van der Waals surface area (Å²) in [5.74, 6) is 0.603. The number of anilines is 1. The Morgan fingerprint density at radius 1 is 1.42 bits per heavy atom. The Kier molecular flexibility index (Phi) is 4.73. The maximum Gasteiger partial charge on any atom is 0.229 e. The second-order valence-electron chi connectivity index (χ2n) is 6.82. The SMILES string of the molecule is Cc1ccc(CC(=O)Nc2sc3c(c2C#N)CC[C@H](C)C3)c(C)c1. The van der Waals surface area contributed by atoms with Crippen LogP contribution in [-0.4, -0.2) is 5.91 Å². The van der Waals surface area contributed by atoms with E-state index >= 15 is 0 Å². The Bertz CT molecular complexity index is 829. The van der Waals surface area contributed by atoms with Crippen molar-refractivity contribution in [3.05, 3.63) is 50.9 Å². The lowest BCUT2D eigenvalue weighted by Gasteiger charge is -2.17. The smallest absolute Gasteiger partial charge is 0.229 e. The lowest BCUT2D eigenvalue weighted by molar-refractivity contribution is -0.115. The van der Waals surface area contributed by atoms with E-state index in [4.69, 9.17) is 0 Å². The van der Waals surface area contributed by atoms with Crippen LogP contribution in [-0.2, 0) is 24.1 Å². The number of rotatable bonds is 3. The molecular formula is C20H22N2OS. The van der Waals surface area contributed by atoms with Gasteiger partial charge in [-0.15, -0.1) is 11.3 Å². The number of hydrogen-bond donors (Lipinski definition) is 1. The average molecular weight is 338 g/mol. The third-order valence-electron chi connectivity index (χ3n) is 4.73. The number of fused-ring (bicyclic) bond motifs is 1. The number of nitriles is 1. The van der Waals surface area contributed by atoms with Gasteiger partial charge >= 0.3 is 0 Å². The van der Waals surface area contributed by atoms with Gasteiger partial charge in [-0.05, 0) is 55.7 Å². The summed E-state index contributed by atoms with van der Waals surface area (Å²) in [7, 11) is 0. The molecule has 0 saturated heterocycles. The minimum atomic E-state index is -0.0508. The number of aryl methyl sites for hydroxylation is 2. The standard InChI is InChI=1S/C20H22N2OS/c1-12-4-6-15(14(3)8-12)10-19(23)22-20-17(11-21)16-7-5-13(2)9-18(16)24-20/h4,6,8,13H,5,7,9-10H2,1-3H3,(H,22,23)/t13-/m0/s1. The molecule has 24 heavy (non-hydrogen) atoms. The average Bonchev–Trinajstić information content (AvgIpc) is 2.86. The van der Waals surface area contributed by atoms with Crippen molar-refractivity contribution in [1.82, 2.24) is 0 Å². The molecule has 1 atom stereocenters. The molecule has 3 rings (SSSR count). The van der Waals surface area contributed by atoms with Crippen LogP contribution in [0.25, 0.3) is 0 Å². The van der Waals surface area contributed by atoms with Gasteiger partial charge < -0.3 is 5.32 Å². The number of nitrogens with zero attached hydrogens (tertiary/aromatic N) is 1. The summed E-state index contributed by atoms with van der Waals surface area (Å²) in [6.07, 6.45) is 3.43. The van der Waals surface area contributed by atoms with Crippen molar-refractivity contribution in [1.29, 1.82) is 5.26 Å². The maximum atomic E-state index is 12.5. The number of amides is 1. The number of carbonyl (C=O) groups excluding carboxylic acids is 1. The van der Waals surface area contributed by atoms with Gasteiger partial charge in [0.2, 0.25) is 5.91 Å². The number of hydrogen-bond acceptors (Lipinski definition) is 3. The second-order valence-corrected chi connectivity index (χ2v) is 7.93. The number of carbonyl (C=O) groups is 1. The molecule has 1 amide bonds. The molecule has 1 aromatic carbocycles. The van der Waals surface area contributed by atoms with Gasteiger partial charge in [0.25, 0.3) is 0 Å². The topological polar surface area (TPSA) is 52.9 Å². The summed E-state index contributed by atoms with van der Waals surface area (Å²) in [6, 6.07) is 8.43. The molecule has 0 spiro atoms. The number of benzene rings is 1. The van der Waals surface area contributed by atoms with E-state index in [9.17, 15) is 10.1 Å². The number of nitrogens with one attached hydrogen (secondary N) is 1. The van der Waals surface area contributed by atoms with Gasteiger partial charge in [0, 0.05) is 4.88 Å². The Morgan fingerprint density at radius 3 is 2.92 bits per heavy atom. The highest BCUT2D eigenvalue weighted by atomic mass is 32.1. The quantitative estimate of drug-likeness (QED) is 0.893. The van der Waals surface area contributed by atoms with Gasteiger partial charge in [-0.2, -0.15) is 5.26 Å². The molecule has 0 radical (unpaired) electrons. The van der Waals surface area contributed by atoms with Crippen molar-refractivity contribution in [3.8, 4) is 6.07 Å². The number of thiophene rings is 1. The molecule has 1 N–H and O–H groups in total. The maximum absolute atomic E-state index is 12.5. The van der Waals surface area contributed by atoms with Crippen molar-refractivity contribution in [3.63, 3.8) is 0 Å². The summed E-state index contributed by atoms with van der Waals surface area (Å²) in [5, 5.41) is 13.2. The van der Waals surface area contributed by atoms with Crippen LogP contribution in [0.5, 0.6) is 0 Å². The van der Waals surface area contributed by atoms with Crippen LogP contribution in [0.3, 0.4) is 0 Å². The van der Waals surface area contributed by atoms with Crippen LogP contribution in [0.15, 0.2) is 18.2 Å². The molecule has 1 aromatic heterocycles. The van der Waals surface area contributed by atoms with Crippen LogP contribution < -0.4 is 5.32 Å². The summed E-state index contributed by atoms with van der Waals surface area (Å²) < 4.78 is 0. The molecular weight excluding hydrogens is 316 g/mol. The van der Waals surface area contributed by atoms with E-state index in [-0.39, 0.29) is 5.91 Å². The lowest BCUT2D eigenvalue weighted by atomic mass is 9.88. The third kappa shape index (κ3) is 3.37.